The first-order valence-electron chi connectivity index (χ1n) is 3.03. The van der Waals surface area contributed by atoms with E-state index in [9.17, 15) is 4.39 Å². The molecule has 0 radical (unpaired) electrons. The maximum Gasteiger partial charge on any atom is 0.145 e. The van der Waals surface area contributed by atoms with E-state index in [1.807, 2.05) is 0 Å². The van der Waals surface area contributed by atoms with Crippen LogP contribution in [0, 0.1) is 12.7 Å². The monoisotopic (exact) mass is 154 g/mol. The van der Waals surface area contributed by atoms with Crippen molar-refractivity contribution in [1.82, 2.24) is 4.98 Å². The summed E-state index contributed by atoms with van der Waals surface area (Å²) in [4.78, 5) is 3.72. The number of aromatic nitrogens is 1. The molecule has 4 heteroatoms. The van der Waals surface area contributed by atoms with Crippen molar-refractivity contribution < 1.29 is 9.60 Å². The number of rotatable bonds is 1. The van der Waals surface area contributed by atoms with Crippen LogP contribution in [0.3, 0.4) is 0 Å². The average Bonchev–Trinajstić information content (AvgIpc) is 1.98. The van der Waals surface area contributed by atoms with Crippen LogP contribution in [-0.4, -0.2) is 16.4 Å². The minimum atomic E-state index is -0.401. The third kappa shape index (κ3) is 1.73. The molecule has 0 saturated heterocycles. The molecule has 0 aliphatic carbocycles. The Morgan fingerprint density at radius 1 is 1.73 bits per heavy atom. The second-order valence-electron chi connectivity index (χ2n) is 2.08. The minimum absolute atomic E-state index is 0.333. The van der Waals surface area contributed by atoms with Crippen LogP contribution in [0.4, 0.5) is 4.39 Å². The number of nitrogens with zero attached hydrogens (tertiary/aromatic N) is 2. The van der Waals surface area contributed by atoms with E-state index in [1.165, 1.54) is 12.3 Å². The van der Waals surface area contributed by atoms with E-state index in [1.54, 1.807) is 6.92 Å². The molecule has 0 aromatic carbocycles. The molecule has 0 amide bonds. The Morgan fingerprint density at radius 3 is 3.00 bits per heavy atom. The summed E-state index contributed by atoms with van der Waals surface area (Å²) in [7, 11) is 0. The molecule has 0 fully saturated rings. The van der Waals surface area contributed by atoms with Crippen molar-refractivity contribution in [3.05, 3.63) is 29.3 Å². The zero-order chi connectivity index (χ0) is 8.27. The topological polar surface area (TPSA) is 45.5 Å². The van der Waals surface area contributed by atoms with Crippen molar-refractivity contribution in [2.45, 2.75) is 6.92 Å². The number of halogens is 1. The fourth-order valence-corrected chi connectivity index (χ4v) is 0.658. The van der Waals surface area contributed by atoms with Gasteiger partial charge < -0.3 is 5.21 Å². The van der Waals surface area contributed by atoms with Gasteiger partial charge in [0.2, 0.25) is 0 Å². The Hall–Kier alpha value is -1.45. The van der Waals surface area contributed by atoms with E-state index in [4.69, 9.17) is 5.21 Å². The molecule has 0 unspecified atom stereocenters. The highest BCUT2D eigenvalue weighted by atomic mass is 19.1. The van der Waals surface area contributed by atoms with Crippen LogP contribution in [-0.2, 0) is 0 Å². The van der Waals surface area contributed by atoms with Crippen LogP contribution in [0.5, 0.6) is 0 Å². The first-order chi connectivity index (χ1) is 5.24. The van der Waals surface area contributed by atoms with Gasteiger partial charge in [0, 0.05) is 11.8 Å². The average molecular weight is 154 g/mol. The van der Waals surface area contributed by atoms with Gasteiger partial charge in [0.05, 0.1) is 11.9 Å². The Balaban J connectivity index is 3.05. The van der Waals surface area contributed by atoms with E-state index in [-0.39, 0.29) is 0 Å². The minimum Gasteiger partial charge on any atom is -0.411 e. The smallest absolute Gasteiger partial charge is 0.145 e. The SMILES string of the molecule is Cc1ncc(C=NO)cc1F. The van der Waals surface area contributed by atoms with Crippen molar-refractivity contribution in [1.29, 1.82) is 0 Å². The fourth-order valence-electron chi connectivity index (χ4n) is 0.658. The first kappa shape index (κ1) is 7.65. The van der Waals surface area contributed by atoms with Gasteiger partial charge in [0.1, 0.15) is 5.82 Å². The van der Waals surface area contributed by atoms with Crippen LogP contribution in [0.2, 0.25) is 0 Å². The lowest BCUT2D eigenvalue weighted by molar-refractivity contribution is 0.322. The van der Waals surface area contributed by atoms with Crippen LogP contribution in [0.15, 0.2) is 17.4 Å². The number of hydrogen-bond acceptors (Lipinski definition) is 3. The Labute approximate surface area is 63.2 Å². The number of oxime groups is 1. The van der Waals surface area contributed by atoms with E-state index in [0.717, 1.165) is 6.21 Å². The summed E-state index contributed by atoms with van der Waals surface area (Å²) in [6.45, 7) is 1.56. The third-order valence-corrected chi connectivity index (χ3v) is 1.25. The van der Waals surface area contributed by atoms with Gasteiger partial charge in [-0.25, -0.2) is 4.39 Å². The van der Waals surface area contributed by atoms with Crippen molar-refractivity contribution in [3.8, 4) is 0 Å². The summed E-state index contributed by atoms with van der Waals surface area (Å²) in [5.41, 5.74) is 0.774. The molecule has 1 aromatic rings. The van der Waals surface area contributed by atoms with Gasteiger partial charge in [0.25, 0.3) is 0 Å². The quantitative estimate of drug-likeness (QED) is 0.377. The van der Waals surface area contributed by atoms with E-state index in [2.05, 4.69) is 10.1 Å². The number of pyridine rings is 1. The summed E-state index contributed by atoms with van der Waals surface area (Å²) in [6.07, 6.45) is 2.55. The molecule has 0 aliphatic heterocycles. The highest BCUT2D eigenvalue weighted by molar-refractivity contribution is 5.78. The molecule has 1 heterocycles. The molecule has 1 aromatic heterocycles. The van der Waals surface area contributed by atoms with Gasteiger partial charge in [-0.05, 0) is 13.0 Å². The molecule has 0 spiro atoms. The highest BCUT2D eigenvalue weighted by Crippen LogP contribution is 2.03. The molecule has 11 heavy (non-hydrogen) atoms. The van der Waals surface area contributed by atoms with Crippen molar-refractivity contribution in [3.63, 3.8) is 0 Å². The maximum absolute atomic E-state index is 12.7. The maximum atomic E-state index is 12.7. The zero-order valence-corrected chi connectivity index (χ0v) is 5.95. The van der Waals surface area contributed by atoms with Gasteiger partial charge in [-0.2, -0.15) is 0 Å². The van der Waals surface area contributed by atoms with Crippen molar-refractivity contribution >= 4 is 6.21 Å². The summed E-state index contributed by atoms with van der Waals surface area (Å²) < 4.78 is 12.7. The summed E-state index contributed by atoms with van der Waals surface area (Å²) in [6, 6.07) is 1.25. The van der Waals surface area contributed by atoms with Gasteiger partial charge in [0.15, 0.2) is 0 Å². The zero-order valence-electron chi connectivity index (χ0n) is 5.95. The highest BCUT2D eigenvalue weighted by Gasteiger charge is 1.97. The Morgan fingerprint density at radius 2 is 2.45 bits per heavy atom. The van der Waals surface area contributed by atoms with E-state index >= 15 is 0 Å². The summed E-state index contributed by atoms with van der Waals surface area (Å²) in [5, 5.41) is 10.8. The third-order valence-electron chi connectivity index (χ3n) is 1.25. The first-order valence-corrected chi connectivity index (χ1v) is 3.03. The standard InChI is InChI=1S/C7H7FN2O/c1-5-7(8)2-6(3-9-5)4-10-11/h2-4,11H,1H3. The molecule has 1 rings (SSSR count). The molecule has 1 N–H and O–H groups in total. The predicted octanol–water partition coefficient (Wildman–Crippen LogP) is 1.34. The van der Waals surface area contributed by atoms with Crippen LogP contribution < -0.4 is 0 Å². The number of aryl methyl sites for hydroxylation is 1. The molecule has 58 valence electrons. The molecular formula is C7H7FN2O. The molecular weight excluding hydrogens is 147 g/mol. The van der Waals surface area contributed by atoms with Gasteiger partial charge in [-0.15, -0.1) is 0 Å². The largest absolute Gasteiger partial charge is 0.411 e. The van der Waals surface area contributed by atoms with Gasteiger partial charge >= 0.3 is 0 Å². The molecule has 3 nitrogen and oxygen atoms in total. The van der Waals surface area contributed by atoms with Gasteiger partial charge in [-0.3, -0.25) is 4.98 Å². The normalized spacial score (nSPS) is 10.7. The molecule has 0 bridgehead atoms. The molecule has 0 atom stereocenters. The lowest BCUT2D eigenvalue weighted by Gasteiger charge is -1.94. The Kier molecular flexibility index (Phi) is 2.15. The molecule has 0 saturated carbocycles. The predicted molar refractivity (Wildman–Crippen MR) is 38.3 cm³/mol. The van der Waals surface area contributed by atoms with Crippen molar-refractivity contribution in [2.24, 2.45) is 5.16 Å². The Bertz CT molecular complexity index is 286. The fraction of sp³-hybridized carbons (Fsp3) is 0.143. The van der Waals surface area contributed by atoms with Crippen LogP contribution in [0.25, 0.3) is 0 Å². The lowest BCUT2D eigenvalue weighted by atomic mass is 10.2. The van der Waals surface area contributed by atoms with Crippen molar-refractivity contribution in [2.75, 3.05) is 0 Å². The second kappa shape index (κ2) is 3.09. The van der Waals surface area contributed by atoms with Crippen LogP contribution in [0.1, 0.15) is 11.3 Å². The molecule has 0 aliphatic rings. The summed E-state index contributed by atoms with van der Waals surface area (Å²) >= 11 is 0. The van der Waals surface area contributed by atoms with E-state index in [0.29, 0.717) is 11.3 Å². The number of hydrogen-bond donors (Lipinski definition) is 1. The van der Waals surface area contributed by atoms with Crippen LogP contribution >= 0.6 is 0 Å². The second-order valence-corrected chi connectivity index (χ2v) is 2.08. The van der Waals surface area contributed by atoms with Gasteiger partial charge in [-0.1, -0.05) is 5.16 Å². The van der Waals surface area contributed by atoms with E-state index < -0.39 is 5.82 Å². The lowest BCUT2D eigenvalue weighted by Crippen LogP contribution is -1.90. The summed E-state index contributed by atoms with van der Waals surface area (Å²) in [5.74, 6) is -0.401.